The molecule has 0 atom stereocenters. The lowest BCUT2D eigenvalue weighted by atomic mass is 10.0. The van der Waals surface area contributed by atoms with Crippen molar-refractivity contribution in [3.05, 3.63) is 36.3 Å². The molecular weight excluding hydrogens is 458 g/mol. The highest BCUT2D eigenvalue weighted by Gasteiger charge is 2.41. The Morgan fingerprint density at radius 3 is 2.55 bits per heavy atom. The number of nitrogens with two attached hydrogens (primary N) is 1. The van der Waals surface area contributed by atoms with Crippen LogP contribution in [-0.2, 0) is 19.3 Å². The molecule has 0 aromatic carbocycles. The molecule has 12 heteroatoms. The van der Waals surface area contributed by atoms with Gasteiger partial charge in [0.1, 0.15) is 28.5 Å². The number of nitrogen functional groups attached to an aromatic ring is 1. The highest BCUT2D eigenvalue weighted by molar-refractivity contribution is 7.92. The Morgan fingerprint density at radius 1 is 1.27 bits per heavy atom. The molecule has 1 saturated heterocycles. The van der Waals surface area contributed by atoms with Crippen molar-refractivity contribution in [2.75, 3.05) is 32.7 Å². The van der Waals surface area contributed by atoms with E-state index in [-0.39, 0.29) is 34.2 Å². The summed E-state index contributed by atoms with van der Waals surface area (Å²) >= 11 is 0. The Labute approximate surface area is 189 Å². The first-order chi connectivity index (χ1) is 15.4. The van der Waals surface area contributed by atoms with Crippen LogP contribution in [0.3, 0.4) is 0 Å². The van der Waals surface area contributed by atoms with Crippen LogP contribution in [0, 0.1) is 11.8 Å². The van der Waals surface area contributed by atoms with Gasteiger partial charge in [0.05, 0.1) is 35.4 Å². The predicted molar refractivity (Wildman–Crippen MR) is 116 cm³/mol. The predicted octanol–water partition coefficient (Wildman–Crippen LogP) is 2.62. The zero-order chi connectivity index (χ0) is 24.2. The van der Waals surface area contributed by atoms with Crippen molar-refractivity contribution < 1.29 is 31.4 Å². The molecule has 1 fully saturated rings. The lowest BCUT2D eigenvalue weighted by Crippen LogP contribution is -2.55. The number of ether oxygens (including phenoxy) is 3. The zero-order valence-electron chi connectivity index (χ0n) is 18.6. The average molecular weight is 483 g/mol. The number of pyridine rings is 2. The van der Waals surface area contributed by atoms with Crippen molar-refractivity contribution in [1.29, 1.82) is 0 Å². The van der Waals surface area contributed by atoms with E-state index in [9.17, 15) is 17.2 Å². The third-order valence-corrected chi connectivity index (χ3v) is 8.06. The minimum absolute atomic E-state index is 0.0572. The van der Waals surface area contributed by atoms with Crippen LogP contribution in [0.2, 0.25) is 0 Å². The Hall–Kier alpha value is -2.83. The molecule has 33 heavy (non-hydrogen) atoms. The van der Waals surface area contributed by atoms with E-state index in [1.165, 1.54) is 30.0 Å². The molecule has 0 unspecified atom stereocenters. The van der Waals surface area contributed by atoms with Crippen molar-refractivity contribution in [2.45, 2.75) is 36.0 Å². The molecule has 3 aromatic rings. The van der Waals surface area contributed by atoms with Gasteiger partial charge in [-0.25, -0.2) is 17.8 Å². The van der Waals surface area contributed by atoms with Crippen LogP contribution in [0.1, 0.15) is 20.8 Å². The van der Waals surface area contributed by atoms with Gasteiger partial charge in [-0.05, 0) is 26.8 Å². The van der Waals surface area contributed by atoms with Gasteiger partial charge in [-0.2, -0.15) is 9.37 Å². The van der Waals surface area contributed by atoms with E-state index in [0.29, 0.717) is 13.2 Å². The first-order valence-electron chi connectivity index (χ1n) is 10.0. The highest BCUT2D eigenvalue weighted by atomic mass is 32.2. The first kappa shape index (κ1) is 23.3. The number of halogens is 2. The number of rotatable bonds is 6. The second kappa shape index (κ2) is 7.89. The van der Waals surface area contributed by atoms with Crippen LogP contribution < -0.4 is 10.5 Å². The molecule has 9 nitrogen and oxygen atoms in total. The quantitative estimate of drug-likeness (QED) is 0.533. The van der Waals surface area contributed by atoms with Crippen molar-refractivity contribution in [3.63, 3.8) is 0 Å². The molecule has 0 saturated carbocycles. The number of hydrogen-bond donors (Lipinski definition) is 1. The number of aromatic nitrogens is 3. The molecule has 178 valence electrons. The molecule has 4 heterocycles. The Balaban J connectivity index is 1.88. The zero-order valence-corrected chi connectivity index (χ0v) is 19.4. The van der Waals surface area contributed by atoms with Crippen molar-refractivity contribution in [2.24, 2.45) is 0 Å². The Kier molecular flexibility index (Phi) is 5.58. The van der Waals surface area contributed by atoms with Crippen LogP contribution >= 0.6 is 0 Å². The van der Waals surface area contributed by atoms with E-state index in [1.54, 1.807) is 20.8 Å². The van der Waals surface area contributed by atoms with E-state index in [0.717, 1.165) is 6.07 Å². The van der Waals surface area contributed by atoms with Gasteiger partial charge in [-0.3, -0.25) is 4.40 Å². The molecule has 3 aromatic heterocycles. The topological polar surface area (TPSA) is 118 Å². The van der Waals surface area contributed by atoms with Gasteiger partial charge in [-0.1, -0.05) is 0 Å². The summed E-state index contributed by atoms with van der Waals surface area (Å²) in [5, 5.41) is 0. The van der Waals surface area contributed by atoms with Gasteiger partial charge < -0.3 is 19.9 Å². The summed E-state index contributed by atoms with van der Waals surface area (Å²) in [5.74, 6) is -2.43. The molecule has 1 aliphatic rings. The second-order valence-electron chi connectivity index (χ2n) is 8.85. The van der Waals surface area contributed by atoms with E-state index >= 15 is 0 Å². The Bertz CT molecular complexity index is 1330. The van der Waals surface area contributed by atoms with E-state index in [4.69, 9.17) is 19.9 Å². The Morgan fingerprint density at radius 2 is 1.97 bits per heavy atom. The fourth-order valence-corrected chi connectivity index (χ4v) is 4.58. The number of anilines is 1. The maximum Gasteiger partial charge on any atom is 0.224 e. The fraction of sp³-hybridized carbons (Fsp3) is 0.429. The van der Waals surface area contributed by atoms with Crippen molar-refractivity contribution in [1.82, 2.24) is 14.4 Å². The van der Waals surface area contributed by atoms with E-state index in [1.807, 2.05) is 0 Å². The van der Waals surface area contributed by atoms with Gasteiger partial charge in [0.15, 0.2) is 21.5 Å². The SMILES string of the molecule is COC1(COc2cc3ncc(-c4cc(F)c(N)nc4F)n3cc2S(=O)(=O)C(C)(C)C)COC1. The largest absolute Gasteiger partial charge is 0.489 e. The van der Waals surface area contributed by atoms with Gasteiger partial charge >= 0.3 is 0 Å². The minimum atomic E-state index is -3.91. The van der Waals surface area contributed by atoms with Crippen LogP contribution in [0.5, 0.6) is 5.75 Å². The van der Waals surface area contributed by atoms with E-state index < -0.39 is 37.8 Å². The summed E-state index contributed by atoms with van der Waals surface area (Å²) in [4.78, 5) is 7.46. The molecule has 1 aliphatic heterocycles. The number of imidazole rings is 1. The van der Waals surface area contributed by atoms with Crippen molar-refractivity contribution >= 4 is 21.3 Å². The highest BCUT2D eigenvalue weighted by Crippen LogP contribution is 2.36. The van der Waals surface area contributed by atoms with E-state index in [2.05, 4.69) is 9.97 Å². The average Bonchev–Trinajstić information content (AvgIpc) is 3.11. The third-order valence-electron chi connectivity index (χ3n) is 5.56. The fourth-order valence-electron chi connectivity index (χ4n) is 3.29. The van der Waals surface area contributed by atoms with Crippen LogP contribution in [0.15, 0.2) is 29.4 Å². The molecule has 4 rings (SSSR count). The molecule has 0 amide bonds. The first-order valence-corrected chi connectivity index (χ1v) is 11.5. The monoisotopic (exact) mass is 482 g/mol. The van der Waals surface area contributed by atoms with Crippen molar-refractivity contribution in [3.8, 4) is 17.0 Å². The molecule has 2 N–H and O–H groups in total. The molecule has 0 bridgehead atoms. The maximum atomic E-state index is 14.5. The number of sulfone groups is 1. The summed E-state index contributed by atoms with van der Waals surface area (Å²) in [5.41, 5.74) is 4.81. The smallest absolute Gasteiger partial charge is 0.224 e. The van der Waals surface area contributed by atoms with Crippen LogP contribution in [-0.4, -0.2) is 60.1 Å². The van der Waals surface area contributed by atoms with Gasteiger partial charge in [0, 0.05) is 19.4 Å². The lowest BCUT2D eigenvalue weighted by Gasteiger charge is -2.39. The third kappa shape index (κ3) is 3.91. The molecule has 0 radical (unpaired) electrons. The normalized spacial score (nSPS) is 16.1. The number of methoxy groups -OCH3 is 1. The summed E-state index contributed by atoms with van der Waals surface area (Å²) in [6.07, 6.45) is 2.58. The number of nitrogens with zero attached hydrogens (tertiary/aromatic N) is 3. The van der Waals surface area contributed by atoms with Crippen LogP contribution in [0.4, 0.5) is 14.6 Å². The van der Waals surface area contributed by atoms with Gasteiger partial charge in [0.2, 0.25) is 5.95 Å². The molecule has 0 spiro atoms. The summed E-state index contributed by atoms with van der Waals surface area (Å²) in [6.45, 7) is 5.36. The standard InChI is InChI=1S/C21H24F2N4O5S/c1-20(2,3)33(28,29)16-8-27-14(12-5-13(22)19(24)26-18(12)23)7-25-17(27)6-15(16)32-11-21(30-4)9-31-10-21/h5-8H,9-11H2,1-4H3,(H2,24,26). The minimum Gasteiger partial charge on any atom is -0.489 e. The number of hydrogen-bond acceptors (Lipinski definition) is 8. The lowest BCUT2D eigenvalue weighted by molar-refractivity contribution is -0.208. The molecule has 0 aliphatic carbocycles. The van der Waals surface area contributed by atoms with Gasteiger partial charge in [0.25, 0.3) is 0 Å². The maximum absolute atomic E-state index is 14.5. The number of fused-ring (bicyclic) bond motifs is 1. The summed E-state index contributed by atoms with van der Waals surface area (Å²) < 4.78 is 72.0. The second-order valence-corrected chi connectivity index (χ2v) is 11.5. The molecular formula is C21H24F2N4O5S. The van der Waals surface area contributed by atoms with Crippen LogP contribution in [0.25, 0.3) is 16.9 Å². The summed E-state index contributed by atoms with van der Waals surface area (Å²) in [6, 6.07) is 2.33. The van der Waals surface area contributed by atoms with Gasteiger partial charge in [-0.15, -0.1) is 0 Å². The summed E-state index contributed by atoms with van der Waals surface area (Å²) in [7, 11) is -2.39.